The number of carbonyl (C=O) groups excluding carboxylic acids is 1. The lowest BCUT2D eigenvalue weighted by Gasteiger charge is -2.34. The number of hydrogen-bond donors (Lipinski definition) is 1. The Kier molecular flexibility index (Phi) is 4.98. The number of benzene rings is 1. The van der Waals surface area contributed by atoms with Crippen molar-refractivity contribution < 1.29 is 4.79 Å². The molecule has 0 saturated carbocycles. The average Bonchev–Trinajstić information content (AvgIpc) is 3.52. The zero-order valence-electron chi connectivity index (χ0n) is 16.2. The number of rotatable bonds is 4. The Morgan fingerprint density at radius 2 is 1.73 bits per heavy atom. The summed E-state index contributed by atoms with van der Waals surface area (Å²) in [5.41, 5.74) is 3.17. The second-order valence-electron chi connectivity index (χ2n) is 7.07. The van der Waals surface area contributed by atoms with Crippen LogP contribution in [0.3, 0.4) is 0 Å². The van der Waals surface area contributed by atoms with Crippen molar-refractivity contribution in [3.63, 3.8) is 0 Å². The van der Waals surface area contributed by atoms with Crippen molar-refractivity contribution >= 4 is 23.1 Å². The Balaban J connectivity index is 1.22. The number of nitrogens with one attached hydrogen (secondary N) is 1. The van der Waals surface area contributed by atoms with Gasteiger partial charge in [0.2, 0.25) is 0 Å². The van der Waals surface area contributed by atoms with Gasteiger partial charge in [0.1, 0.15) is 11.4 Å². The molecule has 0 bridgehead atoms. The van der Waals surface area contributed by atoms with E-state index in [9.17, 15) is 4.79 Å². The molecular formula is C22H20N6OS. The molecule has 1 N–H and O–H groups in total. The van der Waals surface area contributed by atoms with Crippen LogP contribution in [0.5, 0.6) is 0 Å². The Morgan fingerprint density at radius 1 is 0.900 bits per heavy atom. The van der Waals surface area contributed by atoms with Gasteiger partial charge < -0.3 is 9.80 Å². The summed E-state index contributed by atoms with van der Waals surface area (Å²) in [6.07, 6.45) is 0. The first-order valence-corrected chi connectivity index (χ1v) is 10.7. The van der Waals surface area contributed by atoms with E-state index in [1.165, 1.54) is 0 Å². The summed E-state index contributed by atoms with van der Waals surface area (Å²) in [6, 6.07) is 19.7. The molecule has 4 heterocycles. The molecule has 0 unspecified atom stereocenters. The highest BCUT2D eigenvalue weighted by Gasteiger charge is 2.24. The van der Waals surface area contributed by atoms with E-state index in [1.54, 1.807) is 11.3 Å². The van der Waals surface area contributed by atoms with Gasteiger partial charge >= 0.3 is 0 Å². The molecular weight excluding hydrogens is 396 g/mol. The Morgan fingerprint density at radius 3 is 2.43 bits per heavy atom. The number of amides is 1. The summed E-state index contributed by atoms with van der Waals surface area (Å²) in [5, 5.41) is 18.0. The molecule has 0 aliphatic carbocycles. The van der Waals surface area contributed by atoms with Crippen LogP contribution in [0.4, 0.5) is 5.82 Å². The lowest BCUT2D eigenvalue weighted by Crippen LogP contribution is -2.49. The molecule has 5 rings (SSSR count). The highest BCUT2D eigenvalue weighted by molar-refractivity contribution is 7.13. The molecule has 0 atom stereocenters. The largest absolute Gasteiger partial charge is 0.352 e. The van der Waals surface area contributed by atoms with Crippen LogP contribution in [-0.4, -0.2) is 57.4 Å². The number of hydrogen-bond acceptors (Lipinski definition) is 6. The van der Waals surface area contributed by atoms with Crippen LogP contribution in [0.25, 0.3) is 21.8 Å². The summed E-state index contributed by atoms with van der Waals surface area (Å²) >= 11 is 1.65. The van der Waals surface area contributed by atoms with E-state index < -0.39 is 0 Å². The first kappa shape index (κ1) is 18.5. The van der Waals surface area contributed by atoms with E-state index in [0.29, 0.717) is 18.8 Å². The van der Waals surface area contributed by atoms with Gasteiger partial charge in [-0.25, -0.2) is 0 Å². The number of carbonyl (C=O) groups is 1. The number of aromatic nitrogens is 4. The number of anilines is 1. The van der Waals surface area contributed by atoms with Gasteiger partial charge in [-0.05, 0) is 29.6 Å². The zero-order valence-corrected chi connectivity index (χ0v) is 17.0. The zero-order chi connectivity index (χ0) is 20.3. The SMILES string of the molecule is O=C(c1cc(-c2ccccc2)n[nH]1)N1CCN(c2ccc(-c3cccs3)nn2)CC1. The van der Waals surface area contributed by atoms with Gasteiger partial charge in [-0.15, -0.1) is 21.5 Å². The van der Waals surface area contributed by atoms with Gasteiger partial charge in [-0.1, -0.05) is 36.4 Å². The molecule has 1 amide bonds. The van der Waals surface area contributed by atoms with E-state index in [1.807, 2.05) is 70.9 Å². The Hall–Kier alpha value is -3.52. The quantitative estimate of drug-likeness (QED) is 0.550. The van der Waals surface area contributed by atoms with Gasteiger partial charge in [0.15, 0.2) is 5.82 Å². The molecule has 30 heavy (non-hydrogen) atoms. The highest BCUT2D eigenvalue weighted by atomic mass is 32.1. The monoisotopic (exact) mass is 416 g/mol. The standard InChI is InChI=1S/C22H20N6OS/c29-22(19-15-18(24-25-19)16-5-2-1-3-6-16)28-12-10-27(11-13-28)21-9-8-17(23-26-21)20-7-4-14-30-20/h1-9,14-15H,10-13H2,(H,24,25). The summed E-state index contributed by atoms with van der Waals surface area (Å²) in [7, 11) is 0. The third-order valence-corrected chi connectivity index (χ3v) is 6.09. The maximum absolute atomic E-state index is 12.9. The van der Waals surface area contributed by atoms with Crippen LogP contribution in [0, 0.1) is 0 Å². The number of aromatic amines is 1. The molecule has 1 fully saturated rings. The minimum atomic E-state index is -0.0246. The van der Waals surface area contributed by atoms with E-state index in [-0.39, 0.29) is 5.91 Å². The molecule has 8 heteroatoms. The van der Waals surface area contributed by atoms with E-state index in [2.05, 4.69) is 25.3 Å². The van der Waals surface area contributed by atoms with Crippen LogP contribution in [0.1, 0.15) is 10.5 Å². The van der Waals surface area contributed by atoms with E-state index >= 15 is 0 Å². The predicted octanol–water partition coefficient (Wildman–Crippen LogP) is 3.56. The van der Waals surface area contributed by atoms with Crippen LogP contribution in [0.15, 0.2) is 66.0 Å². The number of piperazine rings is 1. The minimum Gasteiger partial charge on any atom is -0.352 e. The van der Waals surface area contributed by atoms with Crippen molar-refractivity contribution in [3.8, 4) is 21.8 Å². The molecule has 4 aromatic rings. The van der Waals surface area contributed by atoms with Crippen molar-refractivity contribution in [2.45, 2.75) is 0 Å². The summed E-state index contributed by atoms with van der Waals surface area (Å²) in [4.78, 5) is 18.0. The fraction of sp³-hybridized carbons (Fsp3) is 0.182. The first-order chi connectivity index (χ1) is 14.8. The molecule has 7 nitrogen and oxygen atoms in total. The molecule has 3 aromatic heterocycles. The fourth-order valence-corrected chi connectivity index (χ4v) is 4.24. The molecule has 1 aliphatic heterocycles. The second kappa shape index (κ2) is 8.08. The average molecular weight is 417 g/mol. The maximum Gasteiger partial charge on any atom is 0.272 e. The predicted molar refractivity (Wildman–Crippen MR) is 117 cm³/mol. The van der Waals surface area contributed by atoms with Crippen LogP contribution < -0.4 is 4.90 Å². The second-order valence-corrected chi connectivity index (χ2v) is 8.01. The van der Waals surface area contributed by atoms with Crippen LogP contribution >= 0.6 is 11.3 Å². The Bertz CT molecular complexity index is 1120. The smallest absolute Gasteiger partial charge is 0.272 e. The van der Waals surface area contributed by atoms with Gasteiger partial charge in [-0.3, -0.25) is 9.89 Å². The lowest BCUT2D eigenvalue weighted by atomic mass is 10.1. The van der Waals surface area contributed by atoms with Crippen molar-refractivity contribution in [1.82, 2.24) is 25.3 Å². The van der Waals surface area contributed by atoms with Gasteiger partial charge in [0.05, 0.1) is 10.6 Å². The maximum atomic E-state index is 12.9. The number of H-pyrrole nitrogens is 1. The van der Waals surface area contributed by atoms with Gasteiger partial charge in [0, 0.05) is 31.7 Å². The summed E-state index contributed by atoms with van der Waals surface area (Å²) in [5.74, 6) is 0.818. The normalized spacial score (nSPS) is 14.1. The van der Waals surface area contributed by atoms with E-state index in [0.717, 1.165) is 40.7 Å². The van der Waals surface area contributed by atoms with E-state index in [4.69, 9.17) is 0 Å². The minimum absolute atomic E-state index is 0.0246. The lowest BCUT2D eigenvalue weighted by molar-refractivity contribution is 0.0740. The molecule has 1 saturated heterocycles. The van der Waals surface area contributed by atoms with Crippen molar-refractivity contribution in [1.29, 1.82) is 0 Å². The summed E-state index contributed by atoms with van der Waals surface area (Å²) in [6.45, 7) is 2.71. The van der Waals surface area contributed by atoms with Crippen molar-refractivity contribution in [2.24, 2.45) is 0 Å². The number of thiophene rings is 1. The summed E-state index contributed by atoms with van der Waals surface area (Å²) < 4.78 is 0. The molecule has 1 aromatic carbocycles. The van der Waals surface area contributed by atoms with Crippen molar-refractivity contribution in [3.05, 3.63) is 71.7 Å². The molecule has 0 spiro atoms. The van der Waals surface area contributed by atoms with Gasteiger partial charge in [0.25, 0.3) is 5.91 Å². The van der Waals surface area contributed by atoms with Gasteiger partial charge in [-0.2, -0.15) is 5.10 Å². The van der Waals surface area contributed by atoms with Crippen LogP contribution in [-0.2, 0) is 0 Å². The third kappa shape index (κ3) is 3.69. The first-order valence-electron chi connectivity index (χ1n) is 9.80. The third-order valence-electron chi connectivity index (χ3n) is 5.19. The fourth-order valence-electron chi connectivity index (χ4n) is 3.55. The molecule has 150 valence electrons. The molecule has 0 radical (unpaired) electrons. The highest BCUT2D eigenvalue weighted by Crippen LogP contribution is 2.24. The van der Waals surface area contributed by atoms with Crippen molar-refractivity contribution in [2.75, 3.05) is 31.1 Å². The Labute approximate surface area is 178 Å². The molecule has 1 aliphatic rings. The topological polar surface area (TPSA) is 78.0 Å². The number of nitrogens with zero attached hydrogens (tertiary/aromatic N) is 5. The van der Waals surface area contributed by atoms with Crippen LogP contribution in [0.2, 0.25) is 0 Å².